The van der Waals surface area contributed by atoms with Gasteiger partial charge in [0.25, 0.3) is 0 Å². The van der Waals surface area contributed by atoms with E-state index in [-0.39, 0.29) is 47.8 Å². The molecule has 8 rings (SSSR count). The molecule has 304 valence electrons. The van der Waals surface area contributed by atoms with Crippen LogP contribution in [0.1, 0.15) is 88.2 Å². The number of carbonyl (C=O) groups excluding carboxylic acids is 3. The maximum atomic E-state index is 13.8. The standard InChI is InChI=1S/C44H52N8O6/c1-23(2)37(49-43(55)58-6)41(53)51-33-17-29(33)19-35(51)39-45-21-31(47-39)27-13-9-25(10-14-27)7-8-26-11-15-28(16-12-26)32-22-46-40(48-32)36-20-30-18-34(30)52(36)42(54)38(24(3)4)50(5)44(56)57/h7-16,21-24,29-30,33-38H,17-20H2,1-6H3,(H,45,47)(H,46,48)(H,49,55)(H,56,57)/t29-,30+,33+,34+,35-,36-,37-,38-/m0/s1. The monoisotopic (exact) mass is 788 g/mol. The van der Waals surface area contributed by atoms with E-state index in [0.29, 0.717) is 11.8 Å². The lowest BCUT2D eigenvalue weighted by molar-refractivity contribution is -0.140. The predicted molar refractivity (Wildman–Crippen MR) is 218 cm³/mol. The van der Waals surface area contributed by atoms with Crippen LogP contribution in [0.25, 0.3) is 34.7 Å². The van der Waals surface area contributed by atoms with Gasteiger partial charge in [0.15, 0.2) is 0 Å². The number of nitrogens with zero attached hydrogens (tertiary/aromatic N) is 5. The first-order chi connectivity index (χ1) is 27.8. The van der Waals surface area contributed by atoms with E-state index >= 15 is 0 Å². The maximum absolute atomic E-state index is 13.8. The van der Waals surface area contributed by atoms with E-state index in [1.54, 1.807) is 0 Å². The van der Waals surface area contributed by atoms with Crippen LogP contribution in [0.3, 0.4) is 0 Å². The normalized spacial score (nSPS) is 24.1. The Kier molecular flexibility index (Phi) is 10.4. The molecule has 14 heteroatoms. The quantitative estimate of drug-likeness (QED) is 0.111. The number of alkyl carbamates (subject to hydrolysis) is 1. The summed E-state index contributed by atoms with van der Waals surface area (Å²) in [5.41, 5.74) is 5.58. The zero-order valence-corrected chi connectivity index (χ0v) is 33.8. The summed E-state index contributed by atoms with van der Waals surface area (Å²) in [5.74, 6) is 1.84. The largest absolute Gasteiger partial charge is 0.465 e. The van der Waals surface area contributed by atoms with Crippen LogP contribution in [0.2, 0.25) is 0 Å². The molecule has 14 nitrogen and oxygen atoms in total. The molecule has 2 aliphatic carbocycles. The van der Waals surface area contributed by atoms with Crippen molar-refractivity contribution in [3.8, 4) is 22.5 Å². The molecule has 0 unspecified atom stereocenters. The Labute approximate surface area is 338 Å². The van der Waals surface area contributed by atoms with E-state index in [4.69, 9.17) is 14.7 Å². The van der Waals surface area contributed by atoms with Crippen LogP contribution in [0.5, 0.6) is 0 Å². The second-order valence-electron chi connectivity index (χ2n) is 17.0. The summed E-state index contributed by atoms with van der Waals surface area (Å²) in [5, 5.41) is 12.4. The van der Waals surface area contributed by atoms with Crippen LogP contribution < -0.4 is 5.32 Å². The van der Waals surface area contributed by atoms with Gasteiger partial charge in [0.05, 0.1) is 30.6 Å². The lowest BCUT2D eigenvalue weighted by atomic mass is 10.0. The Balaban J connectivity index is 0.899. The van der Waals surface area contributed by atoms with Crippen LogP contribution in [0.4, 0.5) is 9.59 Å². The number of piperidine rings is 2. The molecular formula is C44H52N8O6. The Bertz CT molecular complexity index is 2210. The number of likely N-dealkylation sites (tertiary alicyclic amines) is 2. The number of H-pyrrole nitrogens is 2. The molecular weight excluding hydrogens is 737 g/mol. The molecule has 2 aromatic heterocycles. The summed E-state index contributed by atoms with van der Waals surface area (Å²) in [6, 6.07) is 14.8. The van der Waals surface area contributed by atoms with Crippen molar-refractivity contribution in [2.45, 2.75) is 89.6 Å². The molecule has 4 aliphatic rings. The molecule has 0 radical (unpaired) electrons. The number of aromatic amines is 2. The number of ether oxygens (including phenoxy) is 1. The van der Waals surface area contributed by atoms with Crippen molar-refractivity contribution in [1.82, 2.24) is 40.0 Å². The van der Waals surface area contributed by atoms with Gasteiger partial charge in [0.1, 0.15) is 23.7 Å². The fraction of sp³-hybridized carbons (Fsp3) is 0.455. The van der Waals surface area contributed by atoms with Gasteiger partial charge < -0.3 is 34.9 Å². The summed E-state index contributed by atoms with van der Waals surface area (Å²) in [6.45, 7) is 7.60. The number of hydrogen-bond acceptors (Lipinski definition) is 7. The highest BCUT2D eigenvalue weighted by Crippen LogP contribution is 2.54. The summed E-state index contributed by atoms with van der Waals surface area (Å²) in [7, 11) is 2.77. The number of fused-ring (bicyclic) bond motifs is 2. The van der Waals surface area contributed by atoms with Crippen molar-refractivity contribution in [3.63, 3.8) is 0 Å². The third kappa shape index (κ3) is 7.47. The molecule has 4 fully saturated rings. The Hall–Kier alpha value is -5.92. The van der Waals surface area contributed by atoms with E-state index in [9.17, 15) is 24.3 Å². The fourth-order valence-electron chi connectivity index (χ4n) is 9.10. The number of amides is 4. The van der Waals surface area contributed by atoms with E-state index in [1.807, 2.05) is 86.3 Å². The first kappa shape index (κ1) is 38.9. The third-order valence-electron chi connectivity index (χ3n) is 12.4. The second-order valence-corrected chi connectivity index (χ2v) is 17.0. The van der Waals surface area contributed by atoms with E-state index < -0.39 is 24.3 Å². The summed E-state index contributed by atoms with van der Waals surface area (Å²) < 4.78 is 4.79. The number of carboxylic acid groups (broad SMARTS) is 1. The SMILES string of the molecule is COC(=O)N[C@H](C(=O)N1[C@@H]2C[C@H]2C[C@H]1c1nc(-c2ccc(C=Cc3ccc(-c4c[nH]c([C@@H]5C[C@H]6C[C@H]6N5C(=O)[C@H](C(C)C)N(C)C(=O)O)n4)cc3)cc2)c[nH]1)C(C)C. The molecule has 4 heterocycles. The number of carbonyl (C=O) groups is 4. The highest BCUT2D eigenvalue weighted by atomic mass is 16.5. The van der Waals surface area contributed by atoms with Crippen LogP contribution in [-0.4, -0.2) is 102 Å². The van der Waals surface area contributed by atoms with Crippen molar-refractivity contribution in [2.24, 2.45) is 23.7 Å². The first-order valence-electron chi connectivity index (χ1n) is 20.3. The molecule has 2 aromatic carbocycles. The van der Waals surface area contributed by atoms with Gasteiger partial charge in [-0.15, -0.1) is 0 Å². The summed E-state index contributed by atoms with van der Waals surface area (Å²) in [6.07, 6.45) is 9.75. The number of imidazole rings is 2. The van der Waals surface area contributed by atoms with Crippen molar-refractivity contribution >= 4 is 36.2 Å². The lowest BCUT2D eigenvalue weighted by Crippen LogP contribution is -2.52. The van der Waals surface area contributed by atoms with Gasteiger partial charge in [-0.1, -0.05) is 88.4 Å². The molecule has 58 heavy (non-hydrogen) atoms. The Morgan fingerprint density at radius 1 is 0.759 bits per heavy atom. The topological polar surface area (TPSA) is 177 Å². The summed E-state index contributed by atoms with van der Waals surface area (Å²) in [4.78, 5) is 72.8. The molecule has 2 saturated heterocycles. The number of hydrogen-bond donors (Lipinski definition) is 4. The van der Waals surface area contributed by atoms with Gasteiger partial charge in [0, 0.05) is 42.7 Å². The minimum Gasteiger partial charge on any atom is -0.465 e. The van der Waals surface area contributed by atoms with Gasteiger partial charge >= 0.3 is 12.2 Å². The Morgan fingerprint density at radius 2 is 1.22 bits per heavy atom. The van der Waals surface area contributed by atoms with Crippen LogP contribution >= 0.6 is 0 Å². The van der Waals surface area contributed by atoms with Crippen LogP contribution in [-0.2, 0) is 14.3 Å². The number of benzene rings is 2. The van der Waals surface area contributed by atoms with Crippen molar-refractivity contribution in [2.75, 3.05) is 14.2 Å². The van der Waals surface area contributed by atoms with E-state index in [0.717, 1.165) is 75.9 Å². The van der Waals surface area contributed by atoms with Crippen molar-refractivity contribution in [3.05, 3.63) is 83.7 Å². The lowest BCUT2D eigenvalue weighted by Gasteiger charge is -2.35. The number of methoxy groups -OCH3 is 1. The van der Waals surface area contributed by atoms with E-state index in [2.05, 4.69) is 39.6 Å². The van der Waals surface area contributed by atoms with Crippen LogP contribution in [0, 0.1) is 23.7 Å². The van der Waals surface area contributed by atoms with Crippen LogP contribution in [0.15, 0.2) is 60.9 Å². The fourth-order valence-corrected chi connectivity index (χ4v) is 9.10. The van der Waals surface area contributed by atoms with Gasteiger partial charge in [-0.25, -0.2) is 19.6 Å². The number of likely N-dealkylation sites (N-methyl/N-ethyl adjacent to an activating group) is 1. The number of rotatable bonds is 12. The van der Waals surface area contributed by atoms with Crippen molar-refractivity contribution in [1.29, 1.82) is 0 Å². The van der Waals surface area contributed by atoms with Gasteiger partial charge in [-0.2, -0.15) is 0 Å². The Morgan fingerprint density at radius 3 is 1.64 bits per heavy atom. The van der Waals surface area contributed by atoms with E-state index in [1.165, 1.54) is 14.2 Å². The highest BCUT2D eigenvalue weighted by Gasteiger charge is 2.57. The zero-order valence-electron chi connectivity index (χ0n) is 33.8. The predicted octanol–water partition coefficient (Wildman–Crippen LogP) is 6.98. The number of aromatic nitrogens is 4. The minimum atomic E-state index is -1.11. The maximum Gasteiger partial charge on any atom is 0.407 e. The first-order valence-corrected chi connectivity index (χ1v) is 20.3. The van der Waals surface area contributed by atoms with Gasteiger partial charge in [-0.3, -0.25) is 14.5 Å². The molecule has 0 spiro atoms. The molecule has 4 N–H and O–H groups in total. The molecule has 2 saturated carbocycles. The number of nitrogens with one attached hydrogen (secondary N) is 3. The minimum absolute atomic E-state index is 0.0966. The smallest absolute Gasteiger partial charge is 0.407 e. The molecule has 4 aromatic rings. The molecule has 4 amide bonds. The van der Waals surface area contributed by atoms with Gasteiger partial charge in [-0.05, 0) is 60.5 Å². The molecule has 0 bridgehead atoms. The van der Waals surface area contributed by atoms with Gasteiger partial charge in [0.2, 0.25) is 11.8 Å². The second kappa shape index (κ2) is 15.4. The van der Waals surface area contributed by atoms with Crippen molar-refractivity contribution < 1.29 is 29.0 Å². The average molecular weight is 789 g/mol. The molecule has 8 atom stereocenters. The molecule has 2 aliphatic heterocycles. The average Bonchev–Trinajstić information content (AvgIpc) is 3.79. The zero-order chi connectivity index (χ0) is 41.0. The third-order valence-corrected chi connectivity index (χ3v) is 12.4. The highest BCUT2D eigenvalue weighted by molar-refractivity contribution is 5.88. The summed E-state index contributed by atoms with van der Waals surface area (Å²) >= 11 is 0.